The zero-order chi connectivity index (χ0) is 22.2. The monoisotopic (exact) mass is 426 g/mol. The van der Waals surface area contributed by atoms with Crippen molar-refractivity contribution in [2.45, 2.75) is 58.7 Å². The van der Waals surface area contributed by atoms with Crippen LogP contribution >= 0.6 is 0 Å². The predicted molar refractivity (Wildman–Crippen MR) is 118 cm³/mol. The van der Waals surface area contributed by atoms with Crippen molar-refractivity contribution in [2.75, 3.05) is 19.6 Å². The molecule has 31 heavy (non-hydrogen) atoms. The molecule has 3 atom stereocenters. The molecule has 7 heteroatoms. The molecule has 0 unspecified atom stereocenters. The van der Waals surface area contributed by atoms with E-state index in [0.29, 0.717) is 18.4 Å². The second kappa shape index (κ2) is 8.61. The van der Waals surface area contributed by atoms with Gasteiger partial charge in [0.1, 0.15) is 12.1 Å². The van der Waals surface area contributed by atoms with Crippen molar-refractivity contribution in [3.05, 3.63) is 35.4 Å². The van der Waals surface area contributed by atoms with Gasteiger partial charge in [0.15, 0.2) is 0 Å². The van der Waals surface area contributed by atoms with Crippen molar-refractivity contribution in [2.24, 2.45) is 17.8 Å². The van der Waals surface area contributed by atoms with E-state index in [-0.39, 0.29) is 24.3 Å². The lowest BCUT2D eigenvalue weighted by Crippen LogP contribution is -2.47. The number of piperidine rings is 1. The summed E-state index contributed by atoms with van der Waals surface area (Å²) in [7, 11) is 0. The van der Waals surface area contributed by atoms with Gasteiger partial charge in [-0.1, -0.05) is 38.1 Å². The fraction of sp³-hybridized carbons (Fsp3) is 0.625. The van der Waals surface area contributed by atoms with Gasteiger partial charge in [-0.05, 0) is 55.1 Å². The molecule has 3 fully saturated rings. The quantitative estimate of drug-likeness (QED) is 0.657. The molecule has 2 N–H and O–H groups in total. The number of likely N-dealkylation sites (tertiary alicyclic amines) is 1. The fourth-order valence-corrected chi connectivity index (χ4v) is 5.24. The SMILES string of the molecule is C[C@@H]1C[C@H](C)CN(Cc2ccccc2CNC(=O)CN2C(=O)N[C@@](C)(C3CC3)C2=O)C1. The average Bonchev–Trinajstić information content (AvgIpc) is 3.53. The lowest BCUT2D eigenvalue weighted by molar-refractivity contribution is -0.135. The van der Waals surface area contributed by atoms with E-state index in [4.69, 9.17) is 0 Å². The zero-order valence-electron chi connectivity index (χ0n) is 18.8. The maximum Gasteiger partial charge on any atom is 0.325 e. The Hall–Kier alpha value is -2.41. The Morgan fingerprint density at radius 2 is 1.77 bits per heavy atom. The van der Waals surface area contributed by atoms with Crippen molar-refractivity contribution in [1.82, 2.24) is 20.4 Å². The van der Waals surface area contributed by atoms with Crippen LogP contribution in [0.5, 0.6) is 0 Å². The predicted octanol–water partition coefficient (Wildman–Crippen LogP) is 2.50. The highest BCUT2D eigenvalue weighted by molar-refractivity contribution is 6.09. The summed E-state index contributed by atoms with van der Waals surface area (Å²) in [6, 6.07) is 7.69. The number of carbonyl (C=O) groups excluding carboxylic acids is 3. The normalized spacial score (nSPS) is 29.2. The molecule has 0 spiro atoms. The van der Waals surface area contributed by atoms with E-state index in [0.717, 1.165) is 42.9 Å². The van der Waals surface area contributed by atoms with Gasteiger partial charge in [0.25, 0.3) is 5.91 Å². The van der Waals surface area contributed by atoms with Crippen molar-refractivity contribution in [3.8, 4) is 0 Å². The van der Waals surface area contributed by atoms with Crippen LogP contribution in [0.1, 0.15) is 51.2 Å². The minimum absolute atomic E-state index is 0.184. The molecule has 168 valence electrons. The van der Waals surface area contributed by atoms with Crippen LogP contribution in [0.2, 0.25) is 0 Å². The third kappa shape index (κ3) is 4.76. The Kier molecular flexibility index (Phi) is 6.06. The Bertz CT molecular complexity index is 858. The molecular formula is C24H34N4O3. The van der Waals surface area contributed by atoms with Gasteiger partial charge in [0.2, 0.25) is 5.91 Å². The van der Waals surface area contributed by atoms with E-state index >= 15 is 0 Å². The highest BCUT2D eigenvalue weighted by Gasteiger charge is 2.56. The van der Waals surface area contributed by atoms with E-state index in [9.17, 15) is 14.4 Å². The second-order valence-corrected chi connectivity index (χ2v) is 9.98. The maximum atomic E-state index is 12.7. The molecule has 2 aliphatic heterocycles. The minimum atomic E-state index is -0.854. The number of nitrogens with one attached hydrogen (secondary N) is 2. The van der Waals surface area contributed by atoms with Crippen LogP contribution in [0.25, 0.3) is 0 Å². The number of benzene rings is 1. The number of amides is 4. The van der Waals surface area contributed by atoms with Crippen LogP contribution in [-0.2, 0) is 22.7 Å². The summed E-state index contributed by atoms with van der Waals surface area (Å²) in [6.07, 6.45) is 3.15. The Balaban J connectivity index is 1.34. The summed E-state index contributed by atoms with van der Waals surface area (Å²) in [5.74, 6) is 0.966. The van der Waals surface area contributed by atoms with E-state index < -0.39 is 11.6 Å². The van der Waals surface area contributed by atoms with Crippen LogP contribution in [0.4, 0.5) is 4.79 Å². The fourth-order valence-electron chi connectivity index (χ4n) is 5.24. The number of urea groups is 1. The van der Waals surface area contributed by atoms with E-state index in [1.807, 2.05) is 18.2 Å². The first-order valence-electron chi connectivity index (χ1n) is 11.5. The standard InChI is InChI=1S/C24H34N4O3/c1-16-10-17(2)13-27(12-16)14-19-7-5-4-6-18(19)11-25-21(29)15-28-22(30)24(3,20-8-9-20)26-23(28)31/h4-7,16-17,20H,8-15H2,1-3H3,(H,25,29)(H,26,31)/t16-,17+,24-/m0/s1. The second-order valence-electron chi connectivity index (χ2n) is 9.98. The van der Waals surface area contributed by atoms with Crippen LogP contribution in [0, 0.1) is 17.8 Å². The number of hydrogen-bond donors (Lipinski definition) is 2. The molecule has 3 aliphatic rings. The highest BCUT2D eigenvalue weighted by Crippen LogP contribution is 2.42. The molecule has 1 aromatic carbocycles. The van der Waals surface area contributed by atoms with E-state index in [1.54, 1.807) is 6.92 Å². The van der Waals surface area contributed by atoms with Crippen molar-refractivity contribution < 1.29 is 14.4 Å². The van der Waals surface area contributed by atoms with Gasteiger partial charge < -0.3 is 10.6 Å². The number of hydrogen-bond acceptors (Lipinski definition) is 4. The van der Waals surface area contributed by atoms with Crippen molar-refractivity contribution in [3.63, 3.8) is 0 Å². The molecule has 2 heterocycles. The summed E-state index contributed by atoms with van der Waals surface area (Å²) in [6.45, 7) is 9.58. The number of rotatable bonds is 7. The molecule has 0 aromatic heterocycles. The zero-order valence-corrected chi connectivity index (χ0v) is 18.8. The van der Waals surface area contributed by atoms with E-state index in [1.165, 1.54) is 12.0 Å². The first kappa shape index (κ1) is 21.8. The van der Waals surface area contributed by atoms with Gasteiger partial charge in [-0.15, -0.1) is 0 Å². The first-order chi connectivity index (χ1) is 14.8. The molecule has 7 nitrogen and oxygen atoms in total. The average molecular weight is 427 g/mol. The molecule has 4 amide bonds. The van der Waals surface area contributed by atoms with Crippen LogP contribution < -0.4 is 10.6 Å². The highest BCUT2D eigenvalue weighted by atomic mass is 16.2. The summed E-state index contributed by atoms with van der Waals surface area (Å²) in [4.78, 5) is 41.1. The van der Waals surface area contributed by atoms with Gasteiger partial charge in [-0.3, -0.25) is 19.4 Å². The largest absolute Gasteiger partial charge is 0.350 e. The number of carbonyl (C=O) groups is 3. The topological polar surface area (TPSA) is 81.8 Å². The molecule has 1 aliphatic carbocycles. The third-order valence-electron chi connectivity index (χ3n) is 6.93. The van der Waals surface area contributed by atoms with Crippen molar-refractivity contribution >= 4 is 17.8 Å². The van der Waals surface area contributed by atoms with Gasteiger partial charge in [0, 0.05) is 26.2 Å². The molecule has 0 radical (unpaired) electrons. The van der Waals surface area contributed by atoms with Crippen LogP contribution in [0.15, 0.2) is 24.3 Å². The molecule has 0 bridgehead atoms. The smallest absolute Gasteiger partial charge is 0.325 e. The summed E-state index contributed by atoms with van der Waals surface area (Å²) < 4.78 is 0. The lowest BCUT2D eigenvalue weighted by atomic mass is 9.91. The molecule has 1 saturated carbocycles. The molecule has 4 rings (SSSR count). The summed E-state index contributed by atoms with van der Waals surface area (Å²) in [5.41, 5.74) is 1.43. The maximum absolute atomic E-state index is 12.7. The van der Waals surface area contributed by atoms with Gasteiger partial charge in [-0.2, -0.15) is 0 Å². The van der Waals surface area contributed by atoms with E-state index in [2.05, 4.69) is 35.4 Å². The van der Waals surface area contributed by atoms with Crippen LogP contribution in [0.3, 0.4) is 0 Å². The van der Waals surface area contributed by atoms with Gasteiger partial charge in [-0.25, -0.2) is 4.79 Å². The Labute approximate surface area is 184 Å². The Morgan fingerprint density at radius 3 is 2.42 bits per heavy atom. The number of imide groups is 1. The van der Waals surface area contributed by atoms with Crippen LogP contribution in [-0.4, -0.2) is 52.8 Å². The summed E-state index contributed by atoms with van der Waals surface area (Å²) in [5, 5.41) is 5.69. The first-order valence-corrected chi connectivity index (χ1v) is 11.5. The third-order valence-corrected chi connectivity index (χ3v) is 6.93. The molecular weight excluding hydrogens is 392 g/mol. The lowest BCUT2D eigenvalue weighted by Gasteiger charge is -2.35. The molecule has 2 saturated heterocycles. The molecule has 1 aromatic rings. The Morgan fingerprint density at radius 1 is 1.13 bits per heavy atom. The number of nitrogens with zero attached hydrogens (tertiary/aromatic N) is 2. The van der Waals surface area contributed by atoms with Crippen molar-refractivity contribution in [1.29, 1.82) is 0 Å². The van der Waals surface area contributed by atoms with Gasteiger partial charge >= 0.3 is 6.03 Å². The van der Waals surface area contributed by atoms with Gasteiger partial charge in [0.05, 0.1) is 0 Å². The minimum Gasteiger partial charge on any atom is -0.350 e. The summed E-state index contributed by atoms with van der Waals surface area (Å²) >= 11 is 0.